The fourth-order valence-corrected chi connectivity index (χ4v) is 3.95. The SMILES string of the molecule is COc1ccccc1-c1nn(-c2cccc(F)c2)c(-c2ccccc2OC)c1Br. The van der Waals surface area contributed by atoms with Crippen molar-refractivity contribution in [3.8, 4) is 39.7 Å². The maximum atomic E-state index is 14.0. The van der Waals surface area contributed by atoms with Gasteiger partial charge in [-0.2, -0.15) is 5.10 Å². The number of ether oxygens (including phenoxy) is 2. The average molecular weight is 453 g/mol. The van der Waals surface area contributed by atoms with E-state index >= 15 is 0 Å². The van der Waals surface area contributed by atoms with Crippen LogP contribution in [-0.2, 0) is 0 Å². The van der Waals surface area contributed by atoms with E-state index in [-0.39, 0.29) is 5.82 Å². The highest BCUT2D eigenvalue weighted by Gasteiger charge is 2.23. The summed E-state index contributed by atoms with van der Waals surface area (Å²) in [7, 11) is 3.24. The quantitative estimate of drug-likeness (QED) is 0.365. The molecule has 1 heterocycles. The zero-order chi connectivity index (χ0) is 20.4. The fraction of sp³-hybridized carbons (Fsp3) is 0.0870. The van der Waals surface area contributed by atoms with Crippen LogP contribution in [0.3, 0.4) is 0 Å². The van der Waals surface area contributed by atoms with E-state index in [0.29, 0.717) is 22.9 Å². The van der Waals surface area contributed by atoms with Gasteiger partial charge < -0.3 is 9.47 Å². The molecule has 0 saturated heterocycles. The van der Waals surface area contributed by atoms with Gasteiger partial charge in [-0.25, -0.2) is 9.07 Å². The second-order valence-corrected chi connectivity index (χ2v) is 7.10. The van der Waals surface area contributed by atoms with Gasteiger partial charge in [0, 0.05) is 11.1 Å². The maximum Gasteiger partial charge on any atom is 0.128 e. The number of nitrogens with zero attached hydrogens (tertiary/aromatic N) is 2. The summed E-state index contributed by atoms with van der Waals surface area (Å²) >= 11 is 3.73. The molecule has 4 aromatic rings. The molecule has 0 spiro atoms. The summed E-state index contributed by atoms with van der Waals surface area (Å²) in [5.74, 6) is 1.06. The minimum absolute atomic E-state index is 0.334. The summed E-state index contributed by atoms with van der Waals surface area (Å²) in [6.45, 7) is 0. The van der Waals surface area contributed by atoms with Crippen LogP contribution in [0.1, 0.15) is 0 Å². The van der Waals surface area contributed by atoms with Crippen LogP contribution in [0.2, 0.25) is 0 Å². The van der Waals surface area contributed by atoms with Gasteiger partial charge in [-0.3, -0.25) is 0 Å². The summed E-state index contributed by atoms with van der Waals surface area (Å²) in [5.41, 5.74) is 3.71. The molecule has 4 nitrogen and oxygen atoms in total. The Labute approximate surface area is 176 Å². The zero-order valence-corrected chi connectivity index (χ0v) is 17.5. The van der Waals surface area contributed by atoms with E-state index in [1.165, 1.54) is 12.1 Å². The monoisotopic (exact) mass is 452 g/mol. The first-order chi connectivity index (χ1) is 14.1. The second-order valence-electron chi connectivity index (χ2n) is 6.30. The first-order valence-electron chi connectivity index (χ1n) is 8.95. The lowest BCUT2D eigenvalue weighted by atomic mass is 10.1. The number of methoxy groups -OCH3 is 2. The van der Waals surface area contributed by atoms with Gasteiger partial charge in [-0.1, -0.05) is 30.3 Å². The number of hydrogen-bond donors (Lipinski definition) is 0. The van der Waals surface area contributed by atoms with Gasteiger partial charge in [0.2, 0.25) is 0 Å². The predicted molar refractivity (Wildman–Crippen MR) is 115 cm³/mol. The Morgan fingerprint density at radius 2 is 1.45 bits per heavy atom. The van der Waals surface area contributed by atoms with E-state index in [0.717, 1.165) is 21.3 Å². The Balaban J connectivity index is 2.04. The summed E-state index contributed by atoms with van der Waals surface area (Å²) in [5, 5.41) is 4.82. The highest BCUT2D eigenvalue weighted by Crippen LogP contribution is 2.43. The molecule has 4 rings (SSSR count). The van der Waals surface area contributed by atoms with Gasteiger partial charge >= 0.3 is 0 Å². The van der Waals surface area contributed by atoms with Crippen molar-refractivity contribution < 1.29 is 13.9 Å². The molecule has 0 N–H and O–H groups in total. The number of benzene rings is 3. The minimum Gasteiger partial charge on any atom is -0.496 e. The van der Waals surface area contributed by atoms with Crippen molar-refractivity contribution in [2.75, 3.05) is 14.2 Å². The third-order valence-corrected chi connectivity index (χ3v) is 5.36. The number of hydrogen-bond acceptors (Lipinski definition) is 3. The molecule has 0 bridgehead atoms. The molecular formula is C23H18BrFN2O2. The topological polar surface area (TPSA) is 36.3 Å². The largest absolute Gasteiger partial charge is 0.496 e. The lowest BCUT2D eigenvalue weighted by molar-refractivity contribution is 0.416. The lowest BCUT2D eigenvalue weighted by Crippen LogP contribution is -2.01. The molecular weight excluding hydrogens is 435 g/mol. The third kappa shape index (κ3) is 3.51. The first-order valence-corrected chi connectivity index (χ1v) is 9.74. The van der Waals surface area contributed by atoms with Gasteiger partial charge in [0.15, 0.2) is 0 Å². The van der Waals surface area contributed by atoms with Crippen molar-refractivity contribution >= 4 is 15.9 Å². The van der Waals surface area contributed by atoms with E-state index in [1.807, 2.05) is 54.6 Å². The number of halogens is 2. The van der Waals surface area contributed by atoms with Crippen molar-refractivity contribution in [3.05, 3.63) is 83.1 Å². The second kappa shape index (κ2) is 8.09. The fourth-order valence-electron chi connectivity index (χ4n) is 3.28. The van der Waals surface area contributed by atoms with Crippen molar-refractivity contribution in [1.29, 1.82) is 0 Å². The Kier molecular flexibility index (Phi) is 5.36. The van der Waals surface area contributed by atoms with Crippen molar-refractivity contribution in [1.82, 2.24) is 9.78 Å². The van der Waals surface area contributed by atoms with Crippen LogP contribution >= 0.6 is 15.9 Å². The summed E-state index contributed by atoms with van der Waals surface area (Å²) in [4.78, 5) is 0. The lowest BCUT2D eigenvalue weighted by Gasteiger charge is -2.12. The molecule has 0 saturated carbocycles. The van der Waals surface area contributed by atoms with E-state index in [1.54, 1.807) is 25.0 Å². The molecule has 146 valence electrons. The molecule has 0 amide bonds. The Morgan fingerprint density at radius 1 is 0.828 bits per heavy atom. The molecule has 0 radical (unpaired) electrons. The Morgan fingerprint density at radius 3 is 2.10 bits per heavy atom. The van der Waals surface area contributed by atoms with Crippen LogP contribution in [0, 0.1) is 5.82 Å². The van der Waals surface area contributed by atoms with E-state index in [4.69, 9.17) is 14.6 Å². The van der Waals surface area contributed by atoms with E-state index < -0.39 is 0 Å². The standard InChI is InChI=1S/C23H18BrFN2O2/c1-28-19-12-5-3-10-17(19)22-21(24)23(18-11-4-6-13-20(18)29-2)27(26-22)16-9-7-8-15(25)14-16/h3-14H,1-2H3. The molecule has 0 unspecified atom stereocenters. The van der Waals surface area contributed by atoms with Crippen LogP contribution in [0.4, 0.5) is 4.39 Å². The first kappa shape index (κ1) is 19.2. The highest BCUT2D eigenvalue weighted by molar-refractivity contribution is 9.10. The van der Waals surface area contributed by atoms with Crippen LogP contribution in [0.15, 0.2) is 77.3 Å². The normalized spacial score (nSPS) is 10.8. The number of para-hydroxylation sites is 2. The van der Waals surface area contributed by atoms with Gasteiger partial charge in [-0.15, -0.1) is 0 Å². The molecule has 0 aliphatic rings. The number of rotatable bonds is 5. The predicted octanol–water partition coefficient (Wildman–Crippen LogP) is 6.13. The highest BCUT2D eigenvalue weighted by atomic mass is 79.9. The van der Waals surface area contributed by atoms with Crippen molar-refractivity contribution in [3.63, 3.8) is 0 Å². The van der Waals surface area contributed by atoms with Gasteiger partial charge in [0.25, 0.3) is 0 Å². The van der Waals surface area contributed by atoms with Gasteiger partial charge in [0.05, 0.1) is 30.1 Å². The van der Waals surface area contributed by atoms with Crippen LogP contribution in [-0.4, -0.2) is 24.0 Å². The molecule has 3 aromatic carbocycles. The van der Waals surface area contributed by atoms with Crippen LogP contribution < -0.4 is 9.47 Å². The van der Waals surface area contributed by atoms with Crippen molar-refractivity contribution in [2.24, 2.45) is 0 Å². The van der Waals surface area contributed by atoms with E-state index in [9.17, 15) is 4.39 Å². The third-order valence-electron chi connectivity index (χ3n) is 4.60. The minimum atomic E-state index is -0.334. The molecule has 0 aliphatic carbocycles. The molecule has 0 fully saturated rings. The summed E-state index contributed by atoms with van der Waals surface area (Å²) in [6, 6.07) is 21.6. The zero-order valence-electron chi connectivity index (χ0n) is 15.9. The average Bonchev–Trinajstić information content (AvgIpc) is 3.10. The summed E-state index contributed by atoms with van der Waals surface area (Å²) < 4.78 is 27.6. The van der Waals surface area contributed by atoms with Crippen molar-refractivity contribution in [2.45, 2.75) is 0 Å². The smallest absolute Gasteiger partial charge is 0.128 e. The Hall–Kier alpha value is -3.12. The van der Waals surface area contributed by atoms with Gasteiger partial charge in [-0.05, 0) is 58.4 Å². The molecule has 1 aromatic heterocycles. The van der Waals surface area contributed by atoms with Gasteiger partial charge in [0.1, 0.15) is 23.0 Å². The maximum absolute atomic E-state index is 14.0. The molecule has 0 atom stereocenters. The molecule has 0 aliphatic heterocycles. The van der Waals surface area contributed by atoms with Crippen LogP contribution in [0.25, 0.3) is 28.2 Å². The van der Waals surface area contributed by atoms with Crippen LogP contribution in [0.5, 0.6) is 11.5 Å². The molecule has 6 heteroatoms. The van der Waals surface area contributed by atoms with E-state index in [2.05, 4.69) is 15.9 Å². The number of aromatic nitrogens is 2. The Bertz CT molecular complexity index is 1170. The summed E-state index contributed by atoms with van der Waals surface area (Å²) in [6.07, 6.45) is 0. The molecule has 29 heavy (non-hydrogen) atoms.